The zero-order chi connectivity index (χ0) is 13.7. The molecule has 3 N–H and O–H groups in total. The average Bonchev–Trinajstić information content (AvgIpc) is 2.46. The molecule has 0 aromatic heterocycles. The number of carbonyl (C=O) groups is 1. The maximum Gasteiger partial charge on any atom is 0.242 e. The minimum Gasteiger partial charge on any atom is -0.368 e. The minimum absolute atomic E-state index is 0.370. The Bertz CT molecular complexity index is 539. The molecule has 0 aliphatic carbocycles. The lowest BCUT2D eigenvalue weighted by Gasteiger charge is -2.31. The Morgan fingerprint density at radius 3 is 2.05 bits per heavy atom. The molecule has 0 fully saturated rings. The van der Waals surface area contributed by atoms with Crippen molar-refractivity contribution >= 4 is 5.91 Å². The molecule has 1 atom stereocenters. The van der Waals surface area contributed by atoms with Crippen molar-refractivity contribution in [3.63, 3.8) is 0 Å². The maximum absolute atomic E-state index is 12.0. The van der Waals surface area contributed by atoms with Crippen LogP contribution in [-0.2, 0) is 16.8 Å². The maximum atomic E-state index is 12.0. The van der Waals surface area contributed by atoms with Crippen molar-refractivity contribution in [2.24, 2.45) is 5.73 Å². The molecule has 0 saturated carbocycles. The molecule has 0 aliphatic rings. The first-order valence-electron chi connectivity index (χ1n) is 6.27. The highest BCUT2D eigenvalue weighted by atomic mass is 16.1. The van der Waals surface area contributed by atoms with Gasteiger partial charge in [-0.1, -0.05) is 60.7 Å². The van der Waals surface area contributed by atoms with Crippen molar-refractivity contribution in [2.75, 3.05) is 7.05 Å². The fraction of sp³-hybridized carbons (Fsp3) is 0.188. The predicted octanol–water partition coefficient (Wildman–Crippen LogP) is 1.83. The molecule has 0 radical (unpaired) electrons. The Labute approximate surface area is 113 Å². The normalized spacial score (nSPS) is 13.7. The molecule has 0 aliphatic heterocycles. The first-order chi connectivity index (χ1) is 9.19. The van der Waals surface area contributed by atoms with E-state index < -0.39 is 5.54 Å². The first kappa shape index (κ1) is 13.3. The van der Waals surface area contributed by atoms with Crippen LogP contribution in [0, 0.1) is 0 Å². The Kier molecular flexibility index (Phi) is 3.97. The van der Waals surface area contributed by atoms with Gasteiger partial charge in [0, 0.05) is 6.42 Å². The molecule has 0 bridgehead atoms. The summed E-state index contributed by atoms with van der Waals surface area (Å²) < 4.78 is 0. The van der Waals surface area contributed by atoms with E-state index in [-0.39, 0.29) is 5.91 Å². The van der Waals surface area contributed by atoms with E-state index in [0.717, 1.165) is 11.1 Å². The molecule has 2 aromatic carbocycles. The van der Waals surface area contributed by atoms with Gasteiger partial charge in [0.25, 0.3) is 0 Å². The van der Waals surface area contributed by atoms with Gasteiger partial charge < -0.3 is 11.1 Å². The van der Waals surface area contributed by atoms with Crippen LogP contribution in [0.1, 0.15) is 11.1 Å². The molecular formula is C16H18N2O. The molecule has 0 heterocycles. The third kappa shape index (κ3) is 2.66. The van der Waals surface area contributed by atoms with Gasteiger partial charge in [0.15, 0.2) is 0 Å². The van der Waals surface area contributed by atoms with Crippen LogP contribution in [-0.4, -0.2) is 13.0 Å². The monoisotopic (exact) mass is 254 g/mol. The van der Waals surface area contributed by atoms with Crippen LogP contribution in [0.4, 0.5) is 0 Å². The van der Waals surface area contributed by atoms with E-state index in [1.165, 1.54) is 0 Å². The predicted molar refractivity (Wildman–Crippen MR) is 76.5 cm³/mol. The standard InChI is InChI=1S/C16H18N2O/c1-18-16(15(17)19,14-10-6-3-7-11-14)12-13-8-4-2-5-9-13/h2-11,18H,12H2,1H3,(H2,17,19). The number of hydrogen-bond acceptors (Lipinski definition) is 2. The van der Waals surface area contributed by atoms with Gasteiger partial charge in [0.2, 0.25) is 5.91 Å². The summed E-state index contributed by atoms with van der Waals surface area (Å²) in [5, 5.41) is 3.11. The molecule has 2 aromatic rings. The number of amides is 1. The number of likely N-dealkylation sites (N-methyl/N-ethyl adjacent to an activating group) is 1. The minimum atomic E-state index is -0.872. The number of nitrogens with one attached hydrogen (secondary N) is 1. The highest BCUT2D eigenvalue weighted by Gasteiger charge is 2.36. The number of rotatable bonds is 5. The van der Waals surface area contributed by atoms with E-state index in [1.807, 2.05) is 60.7 Å². The van der Waals surface area contributed by atoms with E-state index in [9.17, 15) is 4.79 Å². The Hall–Kier alpha value is -2.13. The highest BCUT2D eigenvalue weighted by Crippen LogP contribution is 2.25. The number of primary amides is 1. The molecule has 3 heteroatoms. The molecule has 1 amide bonds. The summed E-state index contributed by atoms with van der Waals surface area (Å²) >= 11 is 0. The van der Waals surface area contributed by atoms with E-state index in [4.69, 9.17) is 5.73 Å². The molecule has 98 valence electrons. The van der Waals surface area contributed by atoms with Gasteiger partial charge in [-0.15, -0.1) is 0 Å². The second kappa shape index (κ2) is 5.67. The highest BCUT2D eigenvalue weighted by molar-refractivity contribution is 5.86. The smallest absolute Gasteiger partial charge is 0.242 e. The molecule has 19 heavy (non-hydrogen) atoms. The summed E-state index contributed by atoms with van der Waals surface area (Å²) in [4.78, 5) is 12.0. The fourth-order valence-electron chi connectivity index (χ4n) is 2.31. The van der Waals surface area contributed by atoms with Crippen molar-refractivity contribution in [1.82, 2.24) is 5.32 Å². The zero-order valence-electron chi connectivity index (χ0n) is 11.0. The van der Waals surface area contributed by atoms with E-state index >= 15 is 0 Å². The number of hydrogen-bond donors (Lipinski definition) is 2. The van der Waals surface area contributed by atoms with Gasteiger partial charge in [0.05, 0.1) is 0 Å². The number of carbonyl (C=O) groups excluding carboxylic acids is 1. The summed E-state index contributed by atoms with van der Waals surface area (Å²) in [5.41, 5.74) is 6.74. The molecule has 2 rings (SSSR count). The second-order valence-corrected chi connectivity index (χ2v) is 4.55. The molecule has 1 unspecified atom stereocenters. The topological polar surface area (TPSA) is 55.1 Å². The van der Waals surface area contributed by atoms with E-state index in [0.29, 0.717) is 6.42 Å². The van der Waals surface area contributed by atoms with E-state index in [2.05, 4.69) is 5.32 Å². The van der Waals surface area contributed by atoms with Gasteiger partial charge in [-0.3, -0.25) is 4.79 Å². The first-order valence-corrected chi connectivity index (χ1v) is 6.27. The summed E-state index contributed by atoms with van der Waals surface area (Å²) in [6.45, 7) is 0. The lowest BCUT2D eigenvalue weighted by atomic mass is 9.83. The van der Waals surface area contributed by atoms with Crippen LogP contribution < -0.4 is 11.1 Å². The summed E-state index contributed by atoms with van der Waals surface area (Å²) in [5.74, 6) is -0.370. The zero-order valence-corrected chi connectivity index (χ0v) is 11.0. The Balaban J connectivity index is 2.44. The lowest BCUT2D eigenvalue weighted by molar-refractivity contribution is -0.124. The van der Waals surface area contributed by atoms with Gasteiger partial charge >= 0.3 is 0 Å². The Morgan fingerprint density at radius 2 is 1.58 bits per heavy atom. The van der Waals surface area contributed by atoms with Gasteiger partial charge in [-0.2, -0.15) is 0 Å². The fourth-order valence-corrected chi connectivity index (χ4v) is 2.31. The number of benzene rings is 2. The van der Waals surface area contributed by atoms with Crippen LogP contribution in [0.5, 0.6) is 0 Å². The van der Waals surface area contributed by atoms with Crippen molar-refractivity contribution in [3.05, 3.63) is 71.8 Å². The summed E-state index contributed by atoms with van der Waals surface area (Å²) in [7, 11) is 1.76. The van der Waals surface area contributed by atoms with Gasteiger partial charge in [0.1, 0.15) is 5.54 Å². The van der Waals surface area contributed by atoms with Crippen LogP contribution in [0.3, 0.4) is 0 Å². The van der Waals surface area contributed by atoms with Gasteiger partial charge in [-0.05, 0) is 18.2 Å². The van der Waals surface area contributed by atoms with Crippen molar-refractivity contribution in [1.29, 1.82) is 0 Å². The third-order valence-corrected chi connectivity index (χ3v) is 3.43. The second-order valence-electron chi connectivity index (χ2n) is 4.55. The molecular weight excluding hydrogens is 236 g/mol. The van der Waals surface area contributed by atoms with Crippen molar-refractivity contribution in [3.8, 4) is 0 Å². The van der Waals surface area contributed by atoms with Crippen LogP contribution in [0.2, 0.25) is 0 Å². The average molecular weight is 254 g/mol. The summed E-state index contributed by atoms with van der Waals surface area (Å²) in [6, 6.07) is 19.5. The summed E-state index contributed by atoms with van der Waals surface area (Å²) in [6.07, 6.45) is 0.531. The van der Waals surface area contributed by atoms with Crippen LogP contribution >= 0.6 is 0 Å². The largest absolute Gasteiger partial charge is 0.368 e. The molecule has 3 nitrogen and oxygen atoms in total. The third-order valence-electron chi connectivity index (χ3n) is 3.43. The SMILES string of the molecule is CNC(Cc1ccccc1)(C(N)=O)c1ccccc1. The van der Waals surface area contributed by atoms with Crippen LogP contribution in [0.15, 0.2) is 60.7 Å². The van der Waals surface area contributed by atoms with E-state index in [1.54, 1.807) is 7.05 Å². The quantitative estimate of drug-likeness (QED) is 0.855. The van der Waals surface area contributed by atoms with Gasteiger partial charge in [-0.25, -0.2) is 0 Å². The molecule has 0 saturated heterocycles. The number of nitrogens with two attached hydrogens (primary N) is 1. The lowest BCUT2D eigenvalue weighted by Crippen LogP contribution is -2.52. The van der Waals surface area contributed by atoms with Crippen LogP contribution in [0.25, 0.3) is 0 Å². The Morgan fingerprint density at radius 1 is 1.05 bits per heavy atom. The van der Waals surface area contributed by atoms with Crippen molar-refractivity contribution < 1.29 is 4.79 Å². The molecule has 0 spiro atoms. The van der Waals surface area contributed by atoms with Crippen molar-refractivity contribution in [2.45, 2.75) is 12.0 Å².